The van der Waals surface area contributed by atoms with Crippen molar-refractivity contribution in [2.24, 2.45) is 5.92 Å². The van der Waals surface area contributed by atoms with E-state index in [-0.39, 0.29) is 0 Å². The topological polar surface area (TPSA) is 25.8 Å². The number of aromatic nitrogens is 2. The highest BCUT2D eigenvalue weighted by Crippen LogP contribution is 2.22. The van der Waals surface area contributed by atoms with E-state index in [1.807, 2.05) is 13.0 Å². The van der Waals surface area contributed by atoms with Crippen molar-refractivity contribution in [2.45, 2.75) is 32.2 Å². The number of rotatable bonds is 4. The van der Waals surface area contributed by atoms with Gasteiger partial charge < -0.3 is 0 Å². The smallest absolute Gasteiger partial charge is 0.127 e. The van der Waals surface area contributed by atoms with E-state index in [4.69, 9.17) is 0 Å². The Labute approximate surface area is 98.1 Å². The first-order valence-electron chi connectivity index (χ1n) is 4.75. The average molecular weight is 275 g/mol. The van der Waals surface area contributed by atoms with Crippen LogP contribution in [0.15, 0.2) is 15.7 Å². The number of aryl methyl sites for hydroxylation is 1. The Kier molecular flexibility index (Phi) is 4.89. The lowest BCUT2D eigenvalue weighted by molar-refractivity contribution is 0.636. The van der Waals surface area contributed by atoms with Crippen molar-refractivity contribution in [3.8, 4) is 0 Å². The molecule has 0 amide bonds. The van der Waals surface area contributed by atoms with Gasteiger partial charge in [-0.25, -0.2) is 9.97 Å². The Morgan fingerprint density at radius 3 is 2.79 bits per heavy atom. The van der Waals surface area contributed by atoms with Gasteiger partial charge in [0.2, 0.25) is 0 Å². The molecule has 4 heteroatoms. The molecule has 0 saturated heterocycles. The fraction of sp³-hybridized carbons (Fsp3) is 0.600. The molecule has 1 rings (SSSR count). The van der Waals surface area contributed by atoms with Gasteiger partial charge in [-0.15, -0.1) is 11.8 Å². The molecule has 0 fully saturated rings. The highest BCUT2D eigenvalue weighted by Gasteiger charge is 2.03. The second kappa shape index (κ2) is 5.71. The molecular weight excluding hydrogens is 260 g/mol. The zero-order valence-corrected chi connectivity index (χ0v) is 11.2. The number of halogens is 1. The largest absolute Gasteiger partial charge is 0.227 e. The van der Waals surface area contributed by atoms with Gasteiger partial charge in [0.25, 0.3) is 0 Å². The molecule has 0 aliphatic rings. The highest BCUT2D eigenvalue weighted by atomic mass is 79.9. The first-order chi connectivity index (χ1) is 6.61. The summed E-state index contributed by atoms with van der Waals surface area (Å²) >= 11 is 5.17. The first kappa shape index (κ1) is 12.0. The lowest BCUT2D eigenvalue weighted by Crippen LogP contribution is -1.97. The molecule has 0 N–H and O–H groups in total. The normalized spacial score (nSPS) is 12.9. The van der Waals surface area contributed by atoms with E-state index in [0.717, 1.165) is 27.1 Å². The average Bonchev–Trinajstić information content (AvgIpc) is 2.12. The van der Waals surface area contributed by atoms with E-state index in [1.54, 1.807) is 11.8 Å². The molecule has 1 unspecified atom stereocenters. The van der Waals surface area contributed by atoms with E-state index < -0.39 is 0 Å². The quantitative estimate of drug-likeness (QED) is 0.619. The van der Waals surface area contributed by atoms with Crippen LogP contribution >= 0.6 is 27.7 Å². The van der Waals surface area contributed by atoms with Crippen LogP contribution in [0.1, 0.15) is 26.1 Å². The standard InChI is InChI=1S/C10H15BrN2S/c1-4-7(2)6-14-10-5-9(11)12-8(3)13-10/h5,7H,4,6H2,1-3H3. The summed E-state index contributed by atoms with van der Waals surface area (Å²) in [6, 6.07) is 1.97. The van der Waals surface area contributed by atoms with Crippen LogP contribution in [0, 0.1) is 12.8 Å². The Bertz CT molecular complexity index is 284. The minimum absolute atomic E-state index is 0.744. The van der Waals surface area contributed by atoms with Gasteiger partial charge in [-0.1, -0.05) is 20.3 Å². The van der Waals surface area contributed by atoms with E-state index in [0.29, 0.717) is 0 Å². The molecule has 0 aliphatic heterocycles. The first-order valence-corrected chi connectivity index (χ1v) is 6.53. The second-order valence-corrected chi connectivity index (χ2v) is 5.25. The van der Waals surface area contributed by atoms with Crippen LogP contribution < -0.4 is 0 Å². The van der Waals surface area contributed by atoms with Crippen LogP contribution in [0.25, 0.3) is 0 Å². The van der Waals surface area contributed by atoms with Gasteiger partial charge in [0.1, 0.15) is 15.5 Å². The molecule has 2 nitrogen and oxygen atoms in total. The Balaban J connectivity index is 2.58. The van der Waals surface area contributed by atoms with Crippen molar-refractivity contribution in [1.29, 1.82) is 0 Å². The molecule has 14 heavy (non-hydrogen) atoms. The van der Waals surface area contributed by atoms with Crippen molar-refractivity contribution in [3.05, 3.63) is 16.5 Å². The lowest BCUT2D eigenvalue weighted by atomic mass is 10.2. The minimum Gasteiger partial charge on any atom is -0.227 e. The van der Waals surface area contributed by atoms with Crippen LogP contribution in [-0.2, 0) is 0 Å². The molecule has 1 heterocycles. The fourth-order valence-electron chi connectivity index (χ4n) is 0.925. The SMILES string of the molecule is CCC(C)CSc1cc(Br)nc(C)n1. The van der Waals surface area contributed by atoms with E-state index >= 15 is 0 Å². The fourth-order valence-corrected chi connectivity index (χ4v) is 2.63. The third kappa shape index (κ3) is 3.96. The van der Waals surface area contributed by atoms with E-state index in [9.17, 15) is 0 Å². The summed E-state index contributed by atoms with van der Waals surface area (Å²) in [7, 11) is 0. The Morgan fingerprint density at radius 1 is 1.50 bits per heavy atom. The summed E-state index contributed by atoms with van der Waals surface area (Å²) in [5.74, 6) is 2.69. The summed E-state index contributed by atoms with van der Waals surface area (Å²) in [5.41, 5.74) is 0. The van der Waals surface area contributed by atoms with Gasteiger partial charge >= 0.3 is 0 Å². The molecule has 1 atom stereocenters. The molecule has 0 spiro atoms. The third-order valence-corrected chi connectivity index (χ3v) is 3.64. The van der Waals surface area contributed by atoms with Crippen LogP contribution in [-0.4, -0.2) is 15.7 Å². The number of hydrogen-bond acceptors (Lipinski definition) is 3. The number of nitrogens with zero attached hydrogens (tertiary/aromatic N) is 2. The van der Waals surface area contributed by atoms with Gasteiger partial charge in [0.15, 0.2) is 0 Å². The van der Waals surface area contributed by atoms with Gasteiger partial charge in [0.05, 0.1) is 0 Å². The van der Waals surface area contributed by atoms with E-state index in [1.165, 1.54) is 6.42 Å². The molecule has 1 aromatic heterocycles. The van der Waals surface area contributed by atoms with Crippen LogP contribution in [0.3, 0.4) is 0 Å². The predicted octanol–water partition coefficient (Wildman–Crippen LogP) is 3.69. The number of thioether (sulfide) groups is 1. The maximum absolute atomic E-state index is 4.36. The predicted molar refractivity (Wildman–Crippen MR) is 64.6 cm³/mol. The summed E-state index contributed by atoms with van der Waals surface area (Å²) < 4.78 is 0.872. The summed E-state index contributed by atoms with van der Waals surface area (Å²) in [4.78, 5) is 8.54. The molecule has 0 aromatic carbocycles. The minimum atomic E-state index is 0.744. The summed E-state index contributed by atoms with van der Waals surface area (Å²) in [5, 5.41) is 1.06. The summed E-state index contributed by atoms with van der Waals surface area (Å²) in [6.45, 7) is 6.39. The van der Waals surface area contributed by atoms with Crippen molar-refractivity contribution in [1.82, 2.24) is 9.97 Å². The molecule has 0 saturated carbocycles. The van der Waals surface area contributed by atoms with Crippen molar-refractivity contribution in [3.63, 3.8) is 0 Å². The van der Waals surface area contributed by atoms with Crippen LogP contribution in [0.5, 0.6) is 0 Å². The summed E-state index contributed by atoms with van der Waals surface area (Å²) in [6.07, 6.45) is 1.22. The van der Waals surface area contributed by atoms with Crippen LogP contribution in [0.4, 0.5) is 0 Å². The molecule has 78 valence electrons. The van der Waals surface area contributed by atoms with Gasteiger partial charge in [0, 0.05) is 11.8 Å². The monoisotopic (exact) mass is 274 g/mol. The molecule has 1 aromatic rings. The molecule has 0 radical (unpaired) electrons. The zero-order valence-electron chi connectivity index (χ0n) is 8.75. The Hall–Kier alpha value is -0.0900. The van der Waals surface area contributed by atoms with E-state index in [2.05, 4.69) is 39.7 Å². The van der Waals surface area contributed by atoms with Crippen molar-refractivity contribution in [2.75, 3.05) is 5.75 Å². The maximum atomic E-state index is 4.36. The third-order valence-electron chi connectivity index (χ3n) is 2.00. The van der Waals surface area contributed by atoms with Gasteiger partial charge in [-0.2, -0.15) is 0 Å². The van der Waals surface area contributed by atoms with Gasteiger partial charge in [-0.05, 0) is 28.8 Å². The number of hydrogen-bond donors (Lipinski definition) is 0. The van der Waals surface area contributed by atoms with Crippen molar-refractivity contribution < 1.29 is 0 Å². The highest BCUT2D eigenvalue weighted by molar-refractivity contribution is 9.10. The van der Waals surface area contributed by atoms with Gasteiger partial charge in [-0.3, -0.25) is 0 Å². The Morgan fingerprint density at radius 2 is 2.21 bits per heavy atom. The zero-order chi connectivity index (χ0) is 10.6. The maximum Gasteiger partial charge on any atom is 0.127 e. The second-order valence-electron chi connectivity index (χ2n) is 3.40. The molecule has 0 aliphatic carbocycles. The molecule has 0 bridgehead atoms. The lowest BCUT2D eigenvalue weighted by Gasteiger charge is -2.07. The van der Waals surface area contributed by atoms with Crippen LogP contribution in [0.2, 0.25) is 0 Å². The van der Waals surface area contributed by atoms with Crippen molar-refractivity contribution >= 4 is 27.7 Å². The molecular formula is C10H15BrN2S.